The molecule has 124 valence electrons. The number of aliphatic imine (C=N–C) groups is 1. The van der Waals surface area contributed by atoms with E-state index in [1.165, 1.54) is 17.8 Å². The van der Waals surface area contributed by atoms with Crippen LogP contribution in [-0.2, 0) is 20.0 Å². The molecule has 0 unspecified atom stereocenters. The monoisotopic (exact) mass is 320 g/mol. The molecule has 0 spiro atoms. The predicted molar refractivity (Wildman–Crippen MR) is 88.3 cm³/mol. The van der Waals surface area contributed by atoms with Crippen LogP contribution in [0.5, 0.6) is 0 Å². The molecule has 0 aliphatic heterocycles. The molecule has 2 aromatic rings. The lowest BCUT2D eigenvalue weighted by Gasteiger charge is -2.22. The zero-order valence-electron chi connectivity index (χ0n) is 13.7. The maximum absolute atomic E-state index is 13.2. The van der Waals surface area contributed by atoms with E-state index in [0.29, 0.717) is 18.5 Å². The van der Waals surface area contributed by atoms with Gasteiger partial charge in [0.2, 0.25) is 0 Å². The van der Waals surface area contributed by atoms with Crippen molar-refractivity contribution >= 4 is 5.96 Å². The van der Waals surface area contributed by atoms with E-state index in [1.54, 1.807) is 7.05 Å². The Morgan fingerprint density at radius 3 is 2.52 bits per heavy atom. The van der Waals surface area contributed by atoms with Gasteiger partial charge in [0.05, 0.1) is 6.54 Å². The molecule has 1 N–H and O–H groups in total. The molecule has 0 atom stereocenters. The maximum Gasteiger partial charge on any atom is 0.193 e. The van der Waals surface area contributed by atoms with Gasteiger partial charge in [-0.15, -0.1) is 0 Å². The summed E-state index contributed by atoms with van der Waals surface area (Å²) in [5.74, 6) is -0.363. The molecule has 0 fully saturated rings. The van der Waals surface area contributed by atoms with Crippen LogP contribution in [0.25, 0.3) is 0 Å². The topological polar surface area (TPSA) is 32.6 Å². The number of guanidine groups is 1. The molecule has 0 amide bonds. The van der Waals surface area contributed by atoms with Crippen LogP contribution in [0.15, 0.2) is 41.5 Å². The van der Waals surface area contributed by atoms with Crippen molar-refractivity contribution in [1.82, 2.24) is 14.8 Å². The molecule has 0 aliphatic carbocycles. The second-order valence-corrected chi connectivity index (χ2v) is 5.47. The normalized spacial score (nSPS) is 11.6. The van der Waals surface area contributed by atoms with Crippen molar-refractivity contribution in [1.29, 1.82) is 0 Å². The minimum Gasteiger partial charge on any atom is -0.356 e. The van der Waals surface area contributed by atoms with Gasteiger partial charge in [0.1, 0.15) is 11.6 Å². The Morgan fingerprint density at radius 2 is 1.96 bits per heavy atom. The molecule has 2 rings (SSSR count). The van der Waals surface area contributed by atoms with Crippen molar-refractivity contribution in [2.45, 2.75) is 13.0 Å². The van der Waals surface area contributed by atoms with Crippen LogP contribution >= 0.6 is 0 Å². The summed E-state index contributed by atoms with van der Waals surface area (Å²) in [4.78, 5) is 6.24. The Balaban J connectivity index is 1.88. The summed E-state index contributed by atoms with van der Waals surface area (Å²) >= 11 is 0. The van der Waals surface area contributed by atoms with Gasteiger partial charge in [-0.25, -0.2) is 8.78 Å². The van der Waals surface area contributed by atoms with Gasteiger partial charge in [-0.05, 0) is 36.2 Å². The van der Waals surface area contributed by atoms with Gasteiger partial charge in [-0.3, -0.25) is 4.99 Å². The van der Waals surface area contributed by atoms with E-state index in [0.717, 1.165) is 18.6 Å². The zero-order chi connectivity index (χ0) is 16.8. The number of rotatable bonds is 5. The fraction of sp³-hybridized carbons (Fsp3) is 0.353. The standard InChI is InChI=1S/C17H22F2N4/c1-20-17(23(3)12-16-5-4-8-22(16)2)21-7-6-13-9-14(18)11-15(19)10-13/h4-5,8-11H,6-7,12H2,1-3H3,(H,20,21). The number of hydrogen-bond acceptors (Lipinski definition) is 1. The molecule has 6 heteroatoms. The Hall–Kier alpha value is -2.37. The number of nitrogens with one attached hydrogen (secondary N) is 1. The van der Waals surface area contributed by atoms with Gasteiger partial charge in [0.15, 0.2) is 5.96 Å². The number of nitrogens with zero attached hydrogens (tertiary/aromatic N) is 3. The molecule has 1 aromatic carbocycles. The third-order valence-corrected chi connectivity index (χ3v) is 3.64. The quantitative estimate of drug-likeness (QED) is 0.678. The van der Waals surface area contributed by atoms with Gasteiger partial charge >= 0.3 is 0 Å². The van der Waals surface area contributed by atoms with Gasteiger partial charge in [0.25, 0.3) is 0 Å². The van der Waals surface area contributed by atoms with Crippen LogP contribution in [0, 0.1) is 11.6 Å². The van der Waals surface area contributed by atoms with Crippen molar-refractivity contribution < 1.29 is 8.78 Å². The SMILES string of the molecule is CN=C(NCCc1cc(F)cc(F)c1)N(C)Cc1cccn1C. The first-order valence-electron chi connectivity index (χ1n) is 7.46. The average molecular weight is 320 g/mol. The smallest absolute Gasteiger partial charge is 0.193 e. The van der Waals surface area contributed by atoms with E-state index in [4.69, 9.17) is 0 Å². The van der Waals surface area contributed by atoms with Gasteiger partial charge in [-0.2, -0.15) is 0 Å². The minimum atomic E-state index is -0.551. The first kappa shape index (κ1) is 17.0. The fourth-order valence-electron chi connectivity index (χ4n) is 2.44. The number of halogens is 2. The lowest BCUT2D eigenvalue weighted by Crippen LogP contribution is -2.39. The van der Waals surface area contributed by atoms with Gasteiger partial charge in [0, 0.05) is 45.6 Å². The second-order valence-electron chi connectivity index (χ2n) is 5.47. The zero-order valence-corrected chi connectivity index (χ0v) is 13.7. The Labute approximate surface area is 135 Å². The Bertz CT molecular complexity index is 659. The van der Waals surface area contributed by atoms with Crippen molar-refractivity contribution in [2.24, 2.45) is 12.0 Å². The van der Waals surface area contributed by atoms with Crippen molar-refractivity contribution in [3.63, 3.8) is 0 Å². The first-order chi connectivity index (χ1) is 11.0. The van der Waals surface area contributed by atoms with Crippen LogP contribution in [0.4, 0.5) is 8.78 Å². The summed E-state index contributed by atoms with van der Waals surface area (Å²) in [5.41, 5.74) is 1.79. The minimum absolute atomic E-state index is 0.520. The average Bonchev–Trinajstić information content (AvgIpc) is 2.88. The Morgan fingerprint density at radius 1 is 1.26 bits per heavy atom. The molecular weight excluding hydrogens is 298 g/mol. The summed E-state index contributed by atoms with van der Waals surface area (Å²) in [6.07, 6.45) is 2.52. The van der Waals surface area contributed by atoms with Crippen LogP contribution < -0.4 is 5.32 Å². The molecule has 0 saturated heterocycles. The van der Waals surface area contributed by atoms with Crippen LogP contribution in [-0.4, -0.2) is 36.1 Å². The second kappa shape index (κ2) is 7.76. The van der Waals surface area contributed by atoms with Crippen molar-refractivity contribution in [3.05, 3.63) is 59.4 Å². The van der Waals surface area contributed by atoms with Gasteiger partial charge in [-0.1, -0.05) is 0 Å². The van der Waals surface area contributed by atoms with Crippen LogP contribution in [0.1, 0.15) is 11.3 Å². The molecule has 0 saturated carbocycles. The lowest BCUT2D eigenvalue weighted by atomic mass is 10.1. The summed E-state index contributed by atoms with van der Waals surface area (Å²) in [5, 5.41) is 3.21. The summed E-state index contributed by atoms with van der Waals surface area (Å²) in [6, 6.07) is 7.63. The molecule has 1 heterocycles. The Kier molecular flexibility index (Phi) is 5.73. The first-order valence-corrected chi connectivity index (χ1v) is 7.46. The molecule has 1 aromatic heterocycles. The molecule has 4 nitrogen and oxygen atoms in total. The van der Waals surface area contributed by atoms with E-state index >= 15 is 0 Å². The highest BCUT2D eigenvalue weighted by molar-refractivity contribution is 5.79. The van der Waals surface area contributed by atoms with Crippen molar-refractivity contribution in [2.75, 3.05) is 20.6 Å². The van der Waals surface area contributed by atoms with Crippen molar-refractivity contribution in [3.8, 4) is 0 Å². The largest absolute Gasteiger partial charge is 0.356 e. The van der Waals surface area contributed by atoms with Gasteiger partial charge < -0.3 is 14.8 Å². The molecule has 0 bridgehead atoms. The predicted octanol–water partition coefficient (Wildman–Crippen LogP) is 2.55. The third-order valence-electron chi connectivity index (χ3n) is 3.64. The summed E-state index contributed by atoms with van der Waals surface area (Å²) < 4.78 is 28.4. The van der Waals surface area contributed by atoms with E-state index in [2.05, 4.69) is 20.9 Å². The third kappa shape index (κ3) is 4.81. The molecule has 23 heavy (non-hydrogen) atoms. The maximum atomic E-state index is 13.2. The molecule has 0 radical (unpaired) electrons. The molecule has 0 aliphatic rings. The summed E-state index contributed by atoms with van der Waals surface area (Å²) in [6.45, 7) is 1.27. The summed E-state index contributed by atoms with van der Waals surface area (Å²) in [7, 11) is 5.66. The van der Waals surface area contributed by atoms with Crippen LogP contribution in [0.2, 0.25) is 0 Å². The fourth-order valence-corrected chi connectivity index (χ4v) is 2.44. The number of hydrogen-bond donors (Lipinski definition) is 1. The lowest BCUT2D eigenvalue weighted by molar-refractivity contribution is 0.462. The number of aryl methyl sites for hydroxylation is 1. The van der Waals surface area contributed by atoms with E-state index in [-0.39, 0.29) is 0 Å². The van der Waals surface area contributed by atoms with E-state index < -0.39 is 11.6 Å². The van der Waals surface area contributed by atoms with E-state index in [1.807, 2.05) is 31.3 Å². The van der Waals surface area contributed by atoms with Crippen LogP contribution in [0.3, 0.4) is 0 Å². The van der Waals surface area contributed by atoms with E-state index in [9.17, 15) is 8.78 Å². The number of benzene rings is 1. The highest BCUT2D eigenvalue weighted by Crippen LogP contribution is 2.08. The molecular formula is C17H22F2N4. The highest BCUT2D eigenvalue weighted by atomic mass is 19.1. The number of aromatic nitrogens is 1. The highest BCUT2D eigenvalue weighted by Gasteiger charge is 2.08.